The van der Waals surface area contributed by atoms with Crippen LogP contribution in [0.3, 0.4) is 0 Å². The third-order valence-electron chi connectivity index (χ3n) is 3.59. The van der Waals surface area contributed by atoms with E-state index in [1.54, 1.807) is 24.3 Å². The van der Waals surface area contributed by atoms with Crippen LogP contribution < -0.4 is 18.9 Å². The Morgan fingerprint density at radius 3 is 1.69 bits per heavy atom. The van der Waals surface area contributed by atoms with Gasteiger partial charge in [-0.3, -0.25) is 0 Å². The predicted octanol–water partition coefficient (Wildman–Crippen LogP) is 2.39. The second-order valence-electron chi connectivity index (χ2n) is 5.54. The summed E-state index contributed by atoms with van der Waals surface area (Å²) in [6.07, 6.45) is -0.576. The Labute approximate surface area is 151 Å². The zero-order chi connectivity index (χ0) is 18.2. The molecule has 0 bridgehead atoms. The molecule has 1 aliphatic heterocycles. The second kappa shape index (κ2) is 8.96. The molecule has 3 rings (SSSR count). The van der Waals surface area contributed by atoms with E-state index in [0.29, 0.717) is 36.2 Å². The number of rotatable bonds is 3. The maximum absolute atomic E-state index is 10.8. The average Bonchev–Trinajstić information content (AvgIpc) is 2.67. The molecule has 26 heavy (non-hydrogen) atoms. The van der Waals surface area contributed by atoms with Gasteiger partial charge in [-0.1, -0.05) is 24.3 Å². The van der Waals surface area contributed by atoms with E-state index in [0.717, 1.165) is 0 Å². The predicted molar refractivity (Wildman–Crippen MR) is 92.2 cm³/mol. The van der Waals surface area contributed by atoms with Gasteiger partial charge in [0.05, 0.1) is 0 Å². The molecule has 0 saturated carbocycles. The second-order valence-corrected chi connectivity index (χ2v) is 5.54. The molecule has 138 valence electrons. The lowest BCUT2D eigenvalue weighted by molar-refractivity contribution is -0.145. The Morgan fingerprint density at radius 2 is 1.27 bits per heavy atom. The SMILES string of the molecule is O=C(O)COC1COc2ccccc2OCCOc2ccccc2OC1. The quantitative estimate of drug-likeness (QED) is 0.900. The monoisotopic (exact) mass is 360 g/mol. The van der Waals surface area contributed by atoms with Crippen LogP contribution in [-0.2, 0) is 9.53 Å². The van der Waals surface area contributed by atoms with E-state index in [9.17, 15) is 4.79 Å². The first kappa shape index (κ1) is 17.9. The van der Waals surface area contributed by atoms with Gasteiger partial charge in [0.25, 0.3) is 0 Å². The summed E-state index contributed by atoms with van der Waals surface area (Å²) in [6.45, 7) is 0.488. The first-order chi connectivity index (χ1) is 12.7. The number of carboxylic acid groups (broad SMARTS) is 1. The van der Waals surface area contributed by atoms with E-state index in [4.69, 9.17) is 28.8 Å². The maximum Gasteiger partial charge on any atom is 0.329 e. The molecule has 0 spiro atoms. The van der Waals surface area contributed by atoms with E-state index < -0.39 is 18.7 Å². The van der Waals surface area contributed by atoms with Crippen molar-refractivity contribution in [3.63, 3.8) is 0 Å². The van der Waals surface area contributed by atoms with Gasteiger partial charge in [-0.05, 0) is 24.3 Å². The summed E-state index contributed by atoms with van der Waals surface area (Å²) in [5.41, 5.74) is 0. The number of carboxylic acids is 1. The van der Waals surface area contributed by atoms with Gasteiger partial charge in [-0.15, -0.1) is 0 Å². The molecule has 1 aliphatic rings. The standard InChI is InChI=1S/C19H20O7/c20-19(21)13-24-14-11-25-17-7-3-1-5-15(17)22-9-10-23-16-6-2-4-8-18(16)26-12-14/h1-8,14H,9-13H2,(H,20,21). The molecule has 0 saturated heterocycles. The van der Waals surface area contributed by atoms with E-state index in [1.165, 1.54) is 0 Å². The van der Waals surface area contributed by atoms with Crippen LogP contribution in [0, 0.1) is 0 Å². The smallest absolute Gasteiger partial charge is 0.329 e. The molecule has 7 heteroatoms. The number of hydrogen-bond donors (Lipinski definition) is 1. The summed E-state index contributed by atoms with van der Waals surface area (Å²) in [6, 6.07) is 14.5. The van der Waals surface area contributed by atoms with E-state index >= 15 is 0 Å². The van der Waals surface area contributed by atoms with Gasteiger partial charge in [-0.2, -0.15) is 0 Å². The van der Waals surface area contributed by atoms with Gasteiger partial charge in [0, 0.05) is 0 Å². The fraction of sp³-hybridized carbons (Fsp3) is 0.316. The van der Waals surface area contributed by atoms with Gasteiger partial charge < -0.3 is 28.8 Å². The van der Waals surface area contributed by atoms with Crippen molar-refractivity contribution in [2.45, 2.75) is 6.10 Å². The number of fused-ring (bicyclic) bond motifs is 2. The Bertz CT molecular complexity index is 678. The molecule has 2 aromatic rings. The Hall–Kier alpha value is -2.93. The molecule has 7 nitrogen and oxygen atoms in total. The van der Waals surface area contributed by atoms with Crippen molar-refractivity contribution in [1.82, 2.24) is 0 Å². The normalized spacial score (nSPS) is 15.2. The number of para-hydroxylation sites is 4. The minimum absolute atomic E-state index is 0.122. The fourth-order valence-corrected chi connectivity index (χ4v) is 2.38. The lowest BCUT2D eigenvalue weighted by atomic mass is 10.3. The highest BCUT2D eigenvalue weighted by atomic mass is 16.6. The molecule has 0 amide bonds. The zero-order valence-corrected chi connectivity index (χ0v) is 14.1. The van der Waals surface area contributed by atoms with Crippen molar-refractivity contribution in [1.29, 1.82) is 0 Å². The van der Waals surface area contributed by atoms with Crippen molar-refractivity contribution >= 4 is 5.97 Å². The molecule has 0 atom stereocenters. The number of ether oxygens (including phenoxy) is 5. The summed E-state index contributed by atoms with van der Waals surface area (Å²) in [5, 5.41) is 8.86. The van der Waals surface area contributed by atoms with Crippen molar-refractivity contribution in [2.75, 3.05) is 33.0 Å². The van der Waals surface area contributed by atoms with Crippen molar-refractivity contribution in [3.05, 3.63) is 48.5 Å². The van der Waals surface area contributed by atoms with Crippen LogP contribution >= 0.6 is 0 Å². The number of benzene rings is 2. The number of aliphatic carboxylic acids is 1. The highest BCUT2D eigenvalue weighted by Gasteiger charge is 2.17. The summed E-state index contributed by atoms with van der Waals surface area (Å²) in [7, 11) is 0. The van der Waals surface area contributed by atoms with E-state index in [-0.39, 0.29) is 13.2 Å². The van der Waals surface area contributed by atoms with Crippen LogP contribution in [0.4, 0.5) is 0 Å². The van der Waals surface area contributed by atoms with E-state index in [1.807, 2.05) is 24.3 Å². The van der Waals surface area contributed by atoms with Gasteiger partial charge in [0.15, 0.2) is 23.0 Å². The van der Waals surface area contributed by atoms with Crippen LogP contribution in [0.1, 0.15) is 0 Å². The maximum atomic E-state index is 10.8. The first-order valence-corrected chi connectivity index (χ1v) is 8.25. The van der Waals surface area contributed by atoms with Crippen molar-refractivity contribution < 1.29 is 33.6 Å². The fourth-order valence-electron chi connectivity index (χ4n) is 2.38. The molecule has 0 fully saturated rings. The Morgan fingerprint density at radius 1 is 0.846 bits per heavy atom. The number of hydrogen-bond acceptors (Lipinski definition) is 6. The summed E-state index contributed by atoms with van der Waals surface area (Å²) >= 11 is 0. The third kappa shape index (κ3) is 5.03. The average molecular weight is 360 g/mol. The first-order valence-electron chi connectivity index (χ1n) is 8.25. The molecule has 0 unspecified atom stereocenters. The number of carbonyl (C=O) groups is 1. The van der Waals surface area contributed by atoms with Crippen LogP contribution in [0.5, 0.6) is 23.0 Å². The third-order valence-corrected chi connectivity index (χ3v) is 3.59. The topological polar surface area (TPSA) is 83.5 Å². The zero-order valence-electron chi connectivity index (χ0n) is 14.1. The van der Waals surface area contributed by atoms with Crippen LogP contribution in [0.25, 0.3) is 0 Å². The van der Waals surface area contributed by atoms with Gasteiger partial charge in [0.1, 0.15) is 39.1 Å². The Kier molecular flexibility index (Phi) is 6.16. The molecule has 0 radical (unpaired) electrons. The Balaban J connectivity index is 1.78. The molecular formula is C19H20O7. The summed E-state index contributed by atoms with van der Waals surface area (Å²) < 4.78 is 28.4. The van der Waals surface area contributed by atoms with E-state index in [2.05, 4.69) is 0 Å². The largest absolute Gasteiger partial charge is 0.487 e. The molecule has 0 aromatic heterocycles. The van der Waals surface area contributed by atoms with Crippen molar-refractivity contribution in [3.8, 4) is 23.0 Å². The highest BCUT2D eigenvalue weighted by molar-refractivity contribution is 5.68. The van der Waals surface area contributed by atoms with Crippen molar-refractivity contribution in [2.24, 2.45) is 0 Å². The summed E-state index contributed by atoms with van der Waals surface area (Å²) in [5.74, 6) is 1.21. The highest BCUT2D eigenvalue weighted by Crippen LogP contribution is 2.29. The molecular weight excluding hydrogens is 340 g/mol. The molecule has 2 aromatic carbocycles. The van der Waals surface area contributed by atoms with Gasteiger partial charge >= 0.3 is 5.97 Å². The van der Waals surface area contributed by atoms with Gasteiger partial charge in [-0.25, -0.2) is 4.79 Å². The van der Waals surface area contributed by atoms with Gasteiger partial charge in [0.2, 0.25) is 0 Å². The lowest BCUT2D eigenvalue weighted by Crippen LogP contribution is -2.30. The minimum Gasteiger partial charge on any atom is -0.487 e. The molecule has 1 heterocycles. The molecule has 0 aliphatic carbocycles. The van der Waals surface area contributed by atoms with Crippen LogP contribution in [-0.4, -0.2) is 50.2 Å². The lowest BCUT2D eigenvalue weighted by Gasteiger charge is -2.19. The minimum atomic E-state index is -1.06. The van der Waals surface area contributed by atoms with Crippen LogP contribution in [0.15, 0.2) is 48.5 Å². The van der Waals surface area contributed by atoms with Crippen LogP contribution in [0.2, 0.25) is 0 Å². The summed E-state index contributed by atoms with van der Waals surface area (Å²) in [4.78, 5) is 10.8. The molecule has 1 N–H and O–H groups in total.